The summed E-state index contributed by atoms with van der Waals surface area (Å²) in [5, 5.41) is 13.0. The molecule has 19 heavy (non-hydrogen) atoms. The number of rotatable bonds is 9. The zero-order valence-corrected chi connectivity index (χ0v) is 12.4. The number of benzene rings is 1. The molecular formula is C16H27NO2. The SMILES string of the molecule is CCCC(C)(CNCCOC)Cc1cccc(O)c1. The first kappa shape index (κ1) is 16.0. The molecule has 0 spiro atoms. The van der Waals surface area contributed by atoms with Crippen molar-refractivity contribution in [1.82, 2.24) is 5.32 Å². The highest BCUT2D eigenvalue weighted by Crippen LogP contribution is 2.28. The van der Waals surface area contributed by atoms with E-state index in [1.54, 1.807) is 13.2 Å². The van der Waals surface area contributed by atoms with Gasteiger partial charge < -0.3 is 15.2 Å². The number of ether oxygens (including phenoxy) is 1. The minimum Gasteiger partial charge on any atom is -0.508 e. The maximum atomic E-state index is 9.55. The second-order valence-electron chi connectivity index (χ2n) is 5.58. The molecule has 0 heterocycles. The first-order valence-corrected chi connectivity index (χ1v) is 7.07. The molecule has 0 bridgehead atoms. The number of nitrogens with one attached hydrogen (secondary N) is 1. The van der Waals surface area contributed by atoms with E-state index in [9.17, 15) is 5.11 Å². The molecule has 0 saturated carbocycles. The highest BCUT2D eigenvalue weighted by atomic mass is 16.5. The van der Waals surface area contributed by atoms with E-state index < -0.39 is 0 Å². The van der Waals surface area contributed by atoms with E-state index in [-0.39, 0.29) is 5.41 Å². The smallest absolute Gasteiger partial charge is 0.115 e. The van der Waals surface area contributed by atoms with Gasteiger partial charge in [-0.05, 0) is 36.0 Å². The fourth-order valence-electron chi connectivity index (χ4n) is 2.57. The van der Waals surface area contributed by atoms with Crippen molar-refractivity contribution in [3.8, 4) is 5.75 Å². The molecule has 0 aliphatic carbocycles. The number of aromatic hydroxyl groups is 1. The number of hydrogen-bond acceptors (Lipinski definition) is 3. The minimum absolute atomic E-state index is 0.219. The van der Waals surface area contributed by atoms with E-state index in [1.807, 2.05) is 12.1 Å². The summed E-state index contributed by atoms with van der Waals surface area (Å²) in [6.45, 7) is 7.13. The average molecular weight is 265 g/mol. The molecule has 2 N–H and O–H groups in total. The molecule has 0 aliphatic heterocycles. The van der Waals surface area contributed by atoms with Crippen LogP contribution < -0.4 is 5.32 Å². The average Bonchev–Trinajstić information content (AvgIpc) is 2.35. The van der Waals surface area contributed by atoms with E-state index in [1.165, 1.54) is 18.4 Å². The Morgan fingerprint density at radius 2 is 2.16 bits per heavy atom. The van der Waals surface area contributed by atoms with Gasteiger partial charge in [0.15, 0.2) is 0 Å². The van der Waals surface area contributed by atoms with Crippen molar-refractivity contribution in [2.24, 2.45) is 5.41 Å². The van der Waals surface area contributed by atoms with E-state index in [0.717, 1.165) is 26.1 Å². The lowest BCUT2D eigenvalue weighted by Crippen LogP contribution is -2.35. The van der Waals surface area contributed by atoms with Crippen LogP contribution in [0.1, 0.15) is 32.3 Å². The van der Waals surface area contributed by atoms with Crippen molar-refractivity contribution in [3.05, 3.63) is 29.8 Å². The zero-order valence-electron chi connectivity index (χ0n) is 12.4. The zero-order chi connectivity index (χ0) is 14.1. The van der Waals surface area contributed by atoms with Crippen molar-refractivity contribution in [2.45, 2.75) is 33.1 Å². The highest BCUT2D eigenvalue weighted by Gasteiger charge is 2.23. The molecule has 0 radical (unpaired) electrons. The molecule has 0 amide bonds. The summed E-state index contributed by atoms with van der Waals surface area (Å²) in [6.07, 6.45) is 3.32. The first-order chi connectivity index (χ1) is 9.09. The molecule has 1 aromatic carbocycles. The van der Waals surface area contributed by atoms with Gasteiger partial charge in [0.25, 0.3) is 0 Å². The van der Waals surface area contributed by atoms with Gasteiger partial charge in [0.05, 0.1) is 6.61 Å². The summed E-state index contributed by atoms with van der Waals surface area (Å²) in [4.78, 5) is 0. The predicted molar refractivity (Wildman–Crippen MR) is 79.6 cm³/mol. The van der Waals surface area contributed by atoms with E-state index in [0.29, 0.717) is 5.75 Å². The highest BCUT2D eigenvalue weighted by molar-refractivity contribution is 5.27. The van der Waals surface area contributed by atoms with Crippen LogP contribution in [-0.4, -0.2) is 31.9 Å². The molecule has 0 aromatic heterocycles. The standard InChI is InChI=1S/C16H27NO2/c1-4-8-16(2,13-17-9-10-19-3)12-14-6-5-7-15(18)11-14/h5-7,11,17-18H,4,8-10,12-13H2,1-3H3. The Bertz CT molecular complexity index is 368. The molecule has 0 saturated heterocycles. The first-order valence-electron chi connectivity index (χ1n) is 7.07. The van der Waals surface area contributed by atoms with Crippen LogP contribution in [0.2, 0.25) is 0 Å². The molecule has 108 valence electrons. The monoisotopic (exact) mass is 265 g/mol. The van der Waals surface area contributed by atoms with Crippen LogP contribution in [0, 0.1) is 5.41 Å². The van der Waals surface area contributed by atoms with Gasteiger partial charge in [-0.1, -0.05) is 32.4 Å². The van der Waals surface area contributed by atoms with Gasteiger partial charge in [0.2, 0.25) is 0 Å². The van der Waals surface area contributed by atoms with Crippen LogP contribution in [0.5, 0.6) is 5.75 Å². The molecule has 3 heteroatoms. The van der Waals surface area contributed by atoms with Gasteiger partial charge in [-0.3, -0.25) is 0 Å². The maximum Gasteiger partial charge on any atom is 0.115 e. The Morgan fingerprint density at radius 3 is 2.79 bits per heavy atom. The van der Waals surface area contributed by atoms with Crippen LogP contribution in [0.4, 0.5) is 0 Å². The predicted octanol–water partition coefficient (Wildman–Crippen LogP) is 2.98. The van der Waals surface area contributed by atoms with Gasteiger partial charge in [0, 0.05) is 20.2 Å². The lowest BCUT2D eigenvalue weighted by atomic mass is 9.79. The van der Waals surface area contributed by atoms with Crippen LogP contribution in [-0.2, 0) is 11.2 Å². The van der Waals surface area contributed by atoms with Gasteiger partial charge in [-0.25, -0.2) is 0 Å². The molecule has 1 atom stereocenters. The number of phenols is 1. The quantitative estimate of drug-likeness (QED) is 0.674. The molecule has 0 aliphatic rings. The van der Waals surface area contributed by atoms with Gasteiger partial charge >= 0.3 is 0 Å². The second kappa shape index (κ2) is 8.18. The summed E-state index contributed by atoms with van der Waals surface area (Å²) in [6, 6.07) is 7.58. The Hall–Kier alpha value is -1.06. The summed E-state index contributed by atoms with van der Waals surface area (Å²) >= 11 is 0. The van der Waals surface area contributed by atoms with Crippen molar-refractivity contribution in [2.75, 3.05) is 26.8 Å². The van der Waals surface area contributed by atoms with E-state index >= 15 is 0 Å². The van der Waals surface area contributed by atoms with Gasteiger partial charge in [0.1, 0.15) is 5.75 Å². The summed E-state index contributed by atoms with van der Waals surface area (Å²) in [5.74, 6) is 0.351. The second-order valence-corrected chi connectivity index (χ2v) is 5.58. The maximum absolute atomic E-state index is 9.55. The number of hydrogen-bond donors (Lipinski definition) is 2. The molecule has 1 unspecified atom stereocenters. The van der Waals surface area contributed by atoms with E-state index in [2.05, 4.69) is 25.2 Å². The summed E-state index contributed by atoms with van der Waals surface area (Å²) in [7, 11) is 1.72. The lowest BCUT2D eigenvalue weighted by Gasteiger charge is -2.30. The Labute approximate surface area is 117 Å². The minimum atomic E-state index is 0.219. The molecule has 3 nitrogen and oxygen atoms in total. The van der Waals surface area contributed by atoms with Crippen molar-refractivity contribution < 1.29 is 9.84 Å². The van der Waals surface area contributed by atoms with E-state index in [4.69, 9.17) is 4.74 Å². The van der Waals surface area contributed by atoms with Crippen molar-refractivity contribution >= 4 is 0 Å². The number of phenolic OH excluding ortho intramolecular Hbond substituents is 1. The fourth-order valence-corrected chi connectivity index (χ4v) is 2.57. The Morgan fingerprint density at radius 1 is 1.37 bits per heavy atom. The molecule has 0 fully saturated rings. The van der Waals surface area contributed by atoms with Crippen LogP contribution in [0.25, 0.3) is 0 Å². The van der Waals surface area contributed by atoms with Crippen LogP contribution in [0.15, 0.2) is 24.3 Å². The summed E-state index contributed by atoms with van der Waals surface area (Å²) in [5.41, 5.74) is 1.42. The third-order valence-electron chi connectivity index (χ3n) is 3.43. The van der Waals surface area contributed by atoms with Crippen molar-refractivity contribution in [1.29, 1.82) is 0 Å². The van der Waals surface area contributed by atoms with Crippen LogP contribution in [0.3, 0.4) is 0 Å². The third-order valence-corrected chi connectivity index (χ3v) is 3.43. The summed E-state index contributed by atoms with van der Waals surface area (Å²) < 4.78 is 5.05. The van der Waals surface area contributed by atoms with Crippen LogP contribution >= 0.6 is 0 Å². The lowest BCUT2D eigenvalue weighted by molar-refractivity contribution is 0.190. The van der Waals surface area contributed by atoms with Crippen molar-refractivity contribution in [3.63, 3.8) is 0 Å². The fraction of sp³-hybridized carbons (Fsp3) is 0.625. The Kier molecular flexibility index (Phi) is 6.89. The van der Waals surface area contributed by atoms with Gasteiger partial charge in [-0.15, -0.1) is 0 Å². The molecular weight excluding hydrogens is 238 g/mol. The normalized spacial score (nSPS) is 14.3. The third kappa shape index (κ3) is 6.08. The molecule has 1 rings (SSSR count). The largest absolute Gasteiger partial charge is 0.508 e. The number of methoxy groups -OCH3 is 1. The van der Waals surface area contributed by atoms with Gasteiger partial charge in [-0.2, -0.15) is 0 Å². The topological polar surface area (TPSA) is 41.5 Å². The Balaban J connectivity index is 2.59. The molecule has 1 aromatic rings.